The van der Waals surface area contributed by atoms with Crippen LogP contribution >= 0.6 is 0 Å². The monoisotopic (exact) mass is 346 g/mol. The van der Waals surface area contributed by atoms with E-state index in [4.69, 9.17) is 5.41 Å². The fourth-order valence-electron chi connectivity index (χ4n) is 1.82. The largest absolute Gasteiger partial charge is 0.491 e. The van der Waals surface area contributed by atoms with Crippen molar-refractivity contribution in [3.63, 3.8) is 0 Å². The molecule has 0 atom stereocenters. The van der Waals surface area contributed by atoms with Crippen molar-refractivity contribution < 1.29 is 27.5 Å². The summed E-state index contributed by atoms with van der Waals surface area (Å²) in [4.78, 5) is 22.6. The Hall–Kier alpha value is -2.78. The summed E-state index contributed by atoms with van der Waals surface area (Å²) in [5.41, 5.74) is 1.12. The van der Waals surface area contributed by atoms with Gasteiger partial charge in [-0.25, -0.2) is 9.59 Å². The highest BCUT2D eigenvalue weighted by molar-refractivity contribution is 6.02. The average Bonchev–Trinajstić information content (AvgIpc) is 2.42. The van der Waals surface area contributed by atoms with E-state index in [0.29, 0.717) is 23.4 Å². The van der Waals surface area contributed by atoms with Gasteiger partial charge in [-0.1, -0.05) is 0 Å². The molecule has 0 fully saturated rings. The number of carbonyl (C=O) groups is 2. The van der Waals surface area contributed by atoms with E-state index >= 15 is 0 Å². The third kappa shape index (κ3) is 5.45. The van der Waals surface area contributed by atoms with E-state index in [0.717, 1.165) is 0 Å². The maximum absolute atomic E-state index is 12.2. The first-order valence-electron chi connectivity index (χ1n) is 6.85. The Balaban J connectivity index is 2.87. The maximum atomic E-state index is 12.2. The van der Waals surface area contributed by atoms with Crippen LogP contribution in [-0.4, -0.2) is 30.7 Å². The normalized spacial score (nSPS) is 10.8. The molecule has 1 aromatic rings. The van der Waals surface area contributed by atoms with Gasteiger partial charge in [0.15, 0.2) is 5.96 Å². The van der Waals surface area contributed by atoms with Gasteiger partial charge in [-0.05, 0) is 44.0 Å². The van der Waals surface area contributed by atoms with Crippen molar-refractivity contribution in [3.8, 4) is 5.75 Å². The van der Waals surface area contributed by atoms with E-state index in [1.807, 2.05) is 0 Å². The molecule has 10 heteroatoms. The number of urea groups is 1. The lowest BCUT2D eigenvalue weighted by atomic mass is 10.1. The van der Waals surface area contributed by atoms with Crippen LogP contribution in [0.3, 0.4) is 0 Å². The molecule has 0 radical (unpaired) electrons. The van der Waals surface area contributed by atoms with Crippen LogP contribution in [0.15, 0.2) is 12.1 Å². The number of amides is 2. The molecule has 0 saturated carbocycles. The number of hydrogen-bond donors (Lipinski definition) is 4. The summed E-state index contributed by atoms with van der Waals surface area (Å²) in [5, 5.41) is 14.7. The molecule has 0 aliphatic rings. The number of halogens is 3. The number of rotatable bonds is 3. The number of hydrogen-bond acceptors (Lipinski definition) is 4. The molecule has 0 aromatic heterocycles. The van der Waals surface area contributed by atoms with Crippen molar-refractivity contribution in [3.05, 3.63) is 23.3 Å². The van der Waals surface area contributed by atoms with Crippen molar-refractivity contribution in [2.45, 2.75) is 26.9 Å². The quantitative estimate of drug-likeness (QED) is 0.292. The van der Waals surface area contributed by atoms with Crippen LogP contribution < -0.4 is 20.7 Å². The minimum atomic E-state index is -5.09. The van der Waals surface area contributed by atoms with Crippen LogP contribution in [0.4, 0.5) is 23.7 Å². The second-order valence-electron chi connectivity index (χ2n) is 4.80. The lowest BCUT2D eigenvalue weighted by Gasteiger charge is -2.15. The van der Waals surface area contributed by atoms with Crippen molar-refractivity contribution >= 4 is 23.6 Å². The summed E-state index contributed by atoms with van der Waals surface area (Å²) in [7, 11) is 0. The molecule has 24 heavy (non-hydrogen) atoms. The van der Waals surface area contributed by atoms with E-state index < -0.39 is 18.2 Å². The summed E-state index contributed by atoms with van der Waals surface area (Å²) < 4.78 is 40.9. The van der Waals surface area contributed by atoms with Gasteiger partial charge < -0.3 is 15.4 Å². The number of nitrogens with one attached hydrogen (secondary N) is 4. The lowest BCUT2D eigenvalue weighted by molar-refractivity contribution is -0.189. The van der Waals surface area contributed by atoms with Gasteiger partial charge >= 0.3 is 18.2 Å². The zero-order chi connectivity index (χ0) is 18.5. The van der Waals surface area contributed by atoms with Gasteiger partial charge in [0, 0.05) is 12.2 Å². The summed E-state index contributed by atoms with van der Waals surface area (Å²) in [6.07, 6.45) is -5.09. The fourth-order valence-corrected chi connectivity index (χ4v) is 1.82. The molecule has 0 spiro atoms. The summed E-state index contributed by atoms with van der Waals surface area (Å²) in [5.74, 6) is -2.79. The van der Waals surface area contributed by atoms with Gasteiger partial charge in [-0.15, -0.1) is 0 Å². The molecule has 0 heterocycles. The molecule has 2 amide bonds. The first-order valence-corrected chi connectivity index (χ1v) is 6.85. The Bertz CT molecular complexity index is 636. The van der Waals surface area contributed by atoms with E-state index in [1.165, 1.54) is 26.0 Å². The minimum absolute atomic E-state index is 0.193. The van der Waals surface area contributed by atoms with Crippen molar-refractivity contribution in [1.29, 1.82) is 5.41 Å². The third-order valence-electron chi connectivity index (χ3n) is 2.78. The number of anilines is 1. The molecule has 0 aliphatic carbocycles. The van der Waals surface area contributed by atoms with Crippen molar-refractivity contribution in [1.82, 2.24) is 10.6 Å². The number of guanidine groups is 1. The SMILES string of the molecule is CCNC(=N)NC(=O)Nc1c(C)cc(OC(=O)C(F)(F)F)cc1C. The second kappa shape index (κ2) is 7.66. The van der Waals surface area contributed by atoms with Crippen LogP contribution in [0.1, 0.15) is 18.1 Å². The number of ether oxygens (including phenoxy) is 1. The predicted molar refractivity (Wildman–Crippen MR) is 81.2 cm³/mol. The zero-order valence-corrected chi connectivity index (χ0v) is 13.2. The molecule has 1 rings (SSSR count). The Morgan fingerprint density at radius 2 is 1.75 bits per heavy atom. The molecule has 7 nitrogen and oxygen atoms in total. The lowest BCUT2D eigenvalue weighted by Crippen LogP contribution is -2.42. The topological polar surface area (TPSA) is 103 Å². The molecule has 132 valence electrons. The molecule has 0 unspecified atom stereocenters. The van der Waals surface area contributed by atoms with Gasteiger partial charge in [0.25, 0.3) is 0 Å². The van der Waals surface area contributed by atoms with Crippen LogP contribution in [-0.2, 0) is 4.79 Å². The summed E-state index contributed by atoms with van der Waals surface area (Å²) in [6.45, 7) is 5.27. The predicted octanol–water partition coefficient (Wildman–Crippen LogP) is 2.44. The number of benzene rings is 1. The van der Waals surface area contributed by atoms with Gasteiger partial charge in [0.1, 0.15) is 5.75 Å². The summed E-state index contributed by atoms with van der Waals surface area (Å²) in [6, 6.07) is 1.70. The Kier molecular flexibility index (Phi) is 6.15. The third-order valence-corrected chi connectivity index (χ3v) is 2.78. The highest BCUT2D eigenvalue weighted by Gasteiger charge is 2.41. The molecular formula is C14H17F3N4O3. The van der Waals surface area contributed by atoms with Gasteiger partial charge in [0.05, 0.1) is 0 Å². The number of alkyl halides is 3. The highest BCUT2D eigenvalue weighted by Crippen LogP contribution is 2.28. The van der Waals surface area contributed by atoms with Crippen molar-refractivity contribution in [2.24, 2.45) is 0 Å². The van der Waals surface area contributed by atoms with Gasteiger partial charge in [0.2, 0.25) is 0 Å². The van der Waals surface area contributed by atoms with Crippen LogP contribution in [0.5, 0.6) is 5.75 Å². The molecular weight excluding hydrogens is 329 g/mol. The van der Waals surface area contributed by atoms with Gasteiger partial charge in [-0.2, -0.15) is 13.2 Å². The van der Waals surface area contributed by atoms with E-state index in [-0.39, 0.29) is 11.7 Å². The van der Waals surface area contributed by atoms with Crippen LogP contribution in [0.2, 0.25) is 0 Å². The molecule has 1 aromatic carbocycles. The standard InChI is InChI=1S/C14H17F3N4O3/c1-4-19-12(18)21-13(23)20-10-7(2)5-9(6-8(10)3)24-11(22)14(15,16)17/h5-6H,4H2,1-3H3,(H4,18,19,20,21,23). The second-order valence-corrected chi connectivity index (χ2v) is 4.80. The maximum Gasteiger partial charge on any atom is 0.491 e. The minimum Gasteiger partial charge on any atom is -0.420 e. The van der Waals surface area contributed by atoms with E-state index in [2.05, 4.69) is 20.7 Å². The number of aryl methyl sites for hydroxylation is 2. The number of esters is 1. The number of carbonyl (C=O) groups excluding carboxylic acids is 2. The molecule has 0 saturated heterocycles. The molecule has 4 N–H and O–H groups in total. The first kappa shape index (κ1) is 19.3. The summed E-state index contributed by atoms with van der Waals surface area (Å²) >= 11 is 0. The van der Waals surface area contributed by atoms with Gasteiger partial charge in [-0.3, -0.25) is 10.7 Å². The fraction of sp³-hybridized carbons (Fsp3) is 0.357. The highest BCUT2D eigenvalue weighted by atomic mass is 19.4. The molecule has 0 aliphatic heterocycles. The molecule has 0 bridgehead atoms. The van der Waals surface area contributed by atoms with Crippen LogP contribution in [0.25, 0.3) is 0 Å². The average molecular weight is 346 g/mol. The first-order chi connectivity index (χ1) is 11.0. The van der Waals surface area contributed by atoms with E-state index in [1.54, 1.807) is 6.92 Å². The Morgan fingerprint density at radius 1 is 1.21 bits per heavy atom. The van der Waals surface area contributed by atoms with Crippen LogP contribution in [0, 0.1) is 19.3 Å². The Labute approximate surface area is 136 Å². The van der Waals surface area contributed by atoms with E-state index in [9.17, 15) is 22.8 Å². The van der Waals surface area contributed by atoms with Crippen molar-refractivity contribution in [2.75, 3.05) is 11.9 Å². The Morgan fingerprint density at radius 3 is 2.21 bits per heavy atom. The smallest absolute Gasteiger partial charge is 0.420 e. The zero-order valence-electron chi connectivity index (χ0n) is 13.2.